The zero-order valence-electron chi connectivity index (χ0n) is 21.7. The molecule has 42 heavy (non-hydrogen) atoms. The van der Waals surface area contributed by atoms with Crippen molar-refractivity contribution in [2.24, 2.45) is 0 Å². The number of anilines is 1. The molecule has 1 aliphatic heterocycles. The molecule has 1 N–H and O–H groups in total. The number of benzene rings is 4. The van der Waals surface area contributed by atoms with E-state index in [1.165, 1.54) is 30.3 Å². The van der Waals surface area contributed by atoms with Crippen molar-refractivity contribution < 1.29 is 27.7 Å². The lowest BCUT2D eigenvalue weighted by Crippen LogP contribution is -2.54. The number of hydrogen-bond acceptors (Lipinski definition) is 8. The van der Waals surface area contributed by atoms with Crippen LogP contribution in [0.1, 0.15) is 11.1 Å². The first kappa shape index (κ1) is 28.3. The zero-order valence-corrected chi connectivity index (χ0v) is 23.3. The number of nitrogens with one attached hydrogen (secondary N) is 1. The third-order valence-electron chi connectivity index (χ3n) is 6.23. The summed E-state index contributed by atoms with van der Waals surface area (Å²) < 4.78 is 31.7. The monoisotopic (exact) mass is 599 g/mol. The number of rotatable bonds is 8. The summed E-state index contributed by atoms with van der Waals surface area (Å²) in [5, 5.41) is 14.0. The fraction of sp³-hybridized carbons (Fsp3) is 0.0333. The van der Waals surface area contributed by atoms with Crippen LogP contribution in [0.25, 0.3) is 6.08 Å². The van der Waals surface area contributed by atoms with E-state index in [0.717, 1.165) is 11.0 Å². The number of para-hydroxylation sites is 1. The fourth-order valence-electron chi connectivity index (χ4n) is 4.25. The highest BCUT2D eigenvalue weighted by molar-refractivity contribution is 7.90. The van der Waals surface area contributed by atoms with Gasteiger partial charge in [0.2, 0.25) is 0 Å². The van der Waals surface area contributed by atoms with Gasteiger partial charge in [-0.25, -0.2) is 8.42 Å². The molecule has 0 atom stereocenters. The van der Waals surface area contributed by atoms with Gasteiger partial charge in [-0.3, -0.25) is 29.9 Å². The van der Waals surface area contributed by atoms with Crippen molar-refractivity contribution in [2.45, 2.75) is 10.6 Å². The molecule has 10 nitrogen and oxygen atoms in total. The number of carbonyl (C=O) groups excluding carboxylic acids is 2. The molecular weight excluding hydrogens is 578 g/mol. The van der Waals surface area contributed by atoms with Crippen molar-refractivity contribution >= 4 is 56.4 Å². The van der Waals surface area contributed by atoms with E-state index in [2.05, 4.69) is 5.32 Å². The maximum Gasteiger partial charge on any atom is 0.273 e. The van der Waals surface area contributed by atoms with Gasteiger partial charge >= 0.3 is 0 Å². The summed E-state index contributed by atoms with van der Waals surface area (Å²) in [6.45, 7) is 0. The van der Waals surface area contributed by atoms with E-state index in [1.807, 2.05) is 18.2 Å². The lowest BCUT2D eigenvalue weighted by atomic mass is 10.0. The minimum absolute atomic E-state index is 0.00855. The van der Waals surface area contributed by atoms with Gasteiger partial charge in [0.25, 0.3) is 17.5 Å². The zero-order chi connectivity index (χ0) is 29.9. The topological polar surface area (TPSA) is 136 Å². The molecule has 1 fully saturated rings. The molecule has 0 aromatic heterocycles. The molecule has 1 aliphatic rings. The predicted octanol–water partition coefficient (Wildman–Crippen LogP) is 5.19. The van der Waals surface area contributed by atoms with Crippen LogP contribution in [-0.2, 0) is 25.2 Å². The quantitative estimate of drug-likeness (QED) is 0.0961. The molecule has 210 valence electrons. The van der Waals surface area contributed by atoms with Crippen LogP contribution in [0, 0.1) is 10.1 Å². The molecule has 4 aromatic rings. The molecule has 4 aromatic carbocycles. The lowest BCUT2D eigenvalue weighted by Gasteiger charge is -2.29. The van der Waals surface area contributed by atoms with Crippen molar-refractivity contribution in [3.63, 3.8) is 0 Å². The van der Waals surface area contributed by atoms with Gasteiger partial charge in [-0.2, -0.15) is 0 Å². The Balaban J connectivity index is 1.44. The first-order valence-electron chi connectivity index (χ1n) is 12.4. The van der Waals surface area contributed by atoms with Crippen LogP contribution < -0.4 is 15.0 Å². The number of thiocarbonyl (C=S) groups is 1. The molecule has 0 bridgehead atoms. The Kier molecular flexibility index (Phi) is 7.91. The van der Waals surface area contributed by atoms with Crippen molar-refractivity contribution in [1.29, 1.82) is 0 Å². The van der Waals surface area contributed by atoms with E-state index in [0.29, 0.717) is 17.2 Å². The summed E-state index contributed by atoms with van der Waals surface area (Å²) in [4.78, 5) is 38.4. The molecule has 0 aliphatic carbocycles. The van der Waals surface area contributed by atoms with E-state index in [-0.39, 0.29) is 26.7 Å². The first-order chi connectivity index (χ1) is 20.1. The molecule has 12 heteroatoms. The second-order valence-corrected chi connectivity index (χ2v) is 11.5. The van der Waals surface area contributed by atoms with E-state index in [9.17, 15) is 28.1 Å². The van der Waals surface area contributed by atoms with Crippen LogP contribution in [-0.4, -0.2) is 30.3 Å². The maximum atomic E-state index is 13.5. The Morgan fingerprint density at radius 1 is 0.881 bits per heavy atom. The van der Waals surface area contributed by atoms with Crippen LogP contribution in [0.3, 0.4) is 0 Å². The van der Waals surface area contributed by atoms with Crippen LogP contribution in [0.4, 0.5) is 11.4 Å². The van der Waals surface area contributed by atoms with Crippen molar-refractivity contribution in [1.82, 2.24) is 5.32 Å². The number of nitrogens with zero attached hydrogens (tertiary/aromatic N) is 2. The number of nitro groups is 1. The molecule has 0 saturated carbocycles. The van der Waals surface area contributed by atoms with Gasteiger partial charge in [0.15, 0.2) is 14.9 Å². The standard InChI is InChI=1S/C30H21N3O7S2/c34-28-26(18-20-11-16-27(33(36)37)21(17-20)19-42(38,39)25-9-5-2-6-10-25)29(35)32(30(41)31-28)22-12-14-24(15-13-22)40-23-7-3-1-4-8-23/h1-18H,19H2,(H,31,34,41)/b26-18+. The van der Waals surface area contributed by atoms with E-state index in [4.69, 9.17) is 17.0 Å². The third kappa shape index (κ3) is 6.09. The average Bonchev–Trinajstić information content (AvgIpc) is 2.97. The Morgan fingerprint density at radius 2 is 1.50 bits per heavy atom. The minimum atomic E-state index is -3.92. The summed E-state index contributed by atoms with van der Waals surface area (Å²) in [6.07, 6.45) is 1.24. The summed E-state index contributed by atoms with van der Waals surface area (Å²) in [6, 6.07) is 26.9. The van der Waals surface area contributed by atoms with E-state index < -0.39 is 38.0 Å². The van der Waals surface area contributed by atoms with Crippen molar-refractivity contribution in [3.8, 4) is 11.5 Å². The second-order valence-electron chi connectivity index (χ2n) is 9.08. The van der Waals surface area contributed by atoms with Gasteiger partial charge in [0, 0.05) is 11.6 Å². The van der Waals surface area contributed by atoms with Gasteiger partial charge < -0.3 is 4.74 Å². The highest BCUT2D eigenvalue weighted by atomic mass is 32.2. The van der Waals surface area contributed by atoms with Crippen LogP contribution in [0.5, 0.6) is 11.5 Å². The summed E-state index contributed by atoms with van der Waals surface area (Å²) >= 11 is 5.26. The number of ether oxygens (including phenoxy) is 1. The number of sulfone groups is 1. The van der Waals surface area contributed by atoms with Gasteiger partial charge in [-0.1, -0.05) is 36.4 Å². The highest BCUT2D eigenvalue weighted by Gasteiger charge is 2.34. The van der Waals surface area contributed by atoms with Gasteiger partial charge in [0.1, 0.15) is 17.1 Å². The van der Waals surface area contributed by atoms with Crippen LogP contribution >= 0.6 is 12.2 Å². The Labute approximate surface area is 245 Å². The number of amides is 2. The smallest absolute Gasteiger partial charge is 0.273 e. The van der Waals surface area contributed by atoms with E-state index >= 15 is 0 Å². The summed E-state index contributed by atoms with van der Waals surface area (Å²) in [5.74, 6) is -0.993. The Morgan fingerprint density at radius 3 is 2.14 bits per heavy atom. The van der Waals surface area contributed by atoms with Crippen LogP contribution in [0.15, 0.2) is 114 Å². The first-order valence-corrected chi connectivity index (χ1v) is 14.5. The average molecular weight is 600 g/mol. The highest BCUT2D eigenvalue weighted by Crippen LogP contribution is 2.29. The summed E-state index contributed by atoms with van der Waals surface area (Å²) in [7, 11) is -3.92. The third-order valence-corrected chi connectivity index (χ3v) is 8.20. The summed E-state index contributed by atoms with van der Waals surface area (Å²) in [5.41, 5.74) is -0.203. The molecule has 0 spiro atoms. The van der Waals surface area contributed by atoms with Gasteiger partial charge in [0.05, 0.1) is 21.3 Å². The largest absolute Gasteiger partial charge is 0.457 e. The van der Waals surface area contributed by atoms with Crippen LogP contribution in [0.2, 0.25) is 0 Å². The molecule has 1 heterocycles. The fourth-order valence-corrected chi connectivity index (χ4v) is 5.91. The van der Waals surface area contributed by atoms with Crippen molar-refractivity contribution in [2.75, 3.05) is 4.90 Å². The van der Waals surface area contributed by atoms with Gasteiger partial charge in [-0.15, -0.1) is 0 Å². The molecule has 5 rings (SSSR count). The maximum absolute atomic E-state index is 13.5. The Bertz CT molecular complexity index is 1840. The number of hydrogen-bond donors (Lipinski definition) is 1. The number of carbonyl (C=O) groups is 2. The molecule has 2 amide bonds. The molecule has 0 unspecified atom stereocenters. The molecule has 1 saturated heterocycles. The molecule has 0 radical (unpaired) electrons. The molecular formula is C30H21N3O7S2. The SMILES string of the molecule is O=C1NC(=S)N(c2ccc(Oc3ccccc3)cc2)C(=O)/C1=C/c1ccc([N+](=O)[O-])c(CS(=O)(=O)c2ccccc2)c1. The second kappa shape index (κ2) is 11.7. The lowest BCUT2D eigenvalue weighted by molar-refractivity contribution is -0.385. The number of nitro benzene ring substituents is 1. The minimum Gasteiger partial charge on any atom is -0.457 e. The van der Waals surface area contributed by atoms with Gasteiger partial charge in [-0.05, 0) is 84.5 Å². The Hall–Kier alpha value is -5.20. The predicted molar refractivity (Wildman–Crippen MR) is 160 cm³/mol. The normalized spacial score (nSPS) is 14.5. The van der Waals surface area contributed by atoms with Crippen molar-refractivity contribution in [3.05, 3.63) is 130 Å². The van der Waals surface area contributed by atoms with E-state index in [1.54, 1.807) is 54.6 Å².